The second kappa shape index (κ2) is 6.66. The normalized spacial score (nSPS) is 26.3. The van der Waals surface area contributed by atoms with E-state index in [-0.39, 0.29) is 24.2 Å². The smallest absolute Gasteiger partial charge is 0.243 e. The van der Waals surface area contributed by atoms with Crippen LogP contribution in [0.2, 0.25) is 0 Å². The topological polar surface area (TPSA) is 77.3 Å². The summed E-state index contributed by atoms with van der Waals surface area (Å²) in [4.78, 5) is 2.06. The van der Waals surface area contributed by atoms with Crippen molar-refractivity contribution >= 4 is 10.0 Å². The average Bonchev–Trinajstić information content (AvgIpc) is 3.22. The molecule has 2 bridgehead atoms. The van der Waals surface area contributed by atoms with Crippen molar-refractivity contribution in [3.63, 3.8) is 0 Å². The third kappa shape index (κ3) is 3.12. The molecule has 0 amide bonds. The zero-order chi connectivity index (χ0) is 18.3. The van der Waals surface area contributed by atoms with Crippen LogP contribution in [0.3, 0.4) is 0 Å². The Balaban J connectivity index is 1.55. The van der Waals surface area contributed by atoms with Crippen LogP contribution in [0.5, 0.6) is 5.75 Å². The first kappa shape index (κ1) is 17.5. The lowest BCUT2D eigenvalue weighted by Crippen LogP contribution is -2.47. The van der Waals surface area contributed by atoms with Crippen LogP contribution in [0.15, 0.2) is 41.6 Å². The van der Waals surface area contributed by atoms with Crippen molar-refractivity contribution in [2.45, 2.75) is 68.7 Å². The van der Waals surface area contributed by atoms with E-state index < -0.39 is 10.0 Å². The summed E-state index contributed by atoms with van der Waals surface area (Å²) in [6.45, 7) is 3.89. The second-order valence-corrected chi connectivity index (χ2v) is 9.18. The molecular weight excluding hydrogens is 352 g/mol. The fraction of sp³-hybridized carbons (Fsp3) is 0.556. The van der Waals surface area contributed by atoms with Gasteiger partial charge in [0.15, 0.2) is 0 Å². The molecule has 3 heterocycles. The minimum atomic E-state index is -3.51. The number of nitrogens with zero attached hydrogens (tertiary/aromatic N) is 4. The molecule has 0 spiro atoms. The van der Waals surface area contributed by atoms with E-state index in [4.69, 9.17) is 4.74 Å². The van der Waals surface area contributed by atoms with Gasteiger partial charge in [0.05, 0.1) is 29.4 Å². The van der Waals surface area contributed by atoms with Gasteiger partial charge in [-0.25, -0.2) is 8.42 Å². The van der Waals surface area contributed by atoms with Crippen LogP contribution in [-0.4, -0.2) is 45.9 Å². The largest absolute Gasteiger partial charge is 0.491 e. The van der Waals surface area contributed by atoms with Gasteiger partial charge in [0.1, 0.15) is 5.75 Å². The number of hydrogen-bond donors (Lipinski definition) is 0. The number of piperidine rings is 1. The van der Waals surface area contributed by atoms with Crippen LogP contribution in [0, 0.1) is 0 Å². The molecule has 2 aromatic rings. The lowest BCUT2D eigenvalue weighted by Gasteiger charge is -2.37. The molecule has 1 aromatic carbocycles. The Bertz CT molecular complexity index is 835. The molecule has 2 unspecified atom stereocenters. The average molecular weight is 376 g/mol. The van der Waals surface area contributed by atoms with E-state index in [2.05, 4.69) is 10.2 Å². The number of fused-ring (bicyclic) bond motifs is 2. The molecule has 2 saturated heterocycles. The maximum Gasteiger partial charge on any atom is 0.243 e. The van der Waals surface area contributed by atoms with Gasteiger partial charge in [0.2, 0.25) is 10.0 Å². The first-order valence-corrected chi connectivity index (χ1v) is 10.5. The minimum absolute atomic E-state index is 0.0151. The quantitative estimate of drug-likeness (QED) is 0.802. The van der Waals surface area contributed by atoms with Crippen LogP contribution < -0.4 is 4.74 Å². The SMILES string of the molecule is CC(C)Oc1ccc(S(=O)(=O)N2C3CCC2CC(n2nccn2)C3)cc1. The number of sulfonamides is 1. The van der Waals surface area contributed by atoms with Gasteiger partial charge >= 0.3 is 0 Å². The molecule has 2 atom stereocenters. The lowest BCUT2D eigenvalue weighted by molar-refractivity contribution is 0.174. The predicted octanol–water partition coefficient (Wildman–Crippen LogP) is 2.62. The first-order valence-electron chi connectivity index (χ1n) is 9.11. The fourth-order valence-corrected chi connectivity index (χ4v) is 6.08. The molecule has 0 saturated carbocycles. The Hall–Kier alpha value is -1.93. The van der Waals surface area contributed by atoms with Crippen molar-refractivity contribution in [1.29, 1.82) is 0 Å². The van der Waals surface area contributed by atoms with Crippen LogP contribution in [0.25, 0.3) is 0 Å². The monoisotopic (exact) mass is 376 g/mol. The summed E-state index contributed by atoms with van der Waals surface area (Å²) < 4.78 is 33.8. The van der Waals surface area contributed by atoms with E-state index in [0.29, 0.717) is 10.6 Å². The molecule has 0 aliphatic carbocycles. The van der Waals surface area contributed by atoms with Crippen molar-refractivity contribution in [3.05, 3.63) is 36.7 Å². The summed E-state index contributed by atoms with van der Waals surface area (Å²) in [7, 11) is -3.51. The Morgan fingerprint density at radius 2 is 1.58 bits per heavy atom. The summed E-state index contributed by atoms with van der Waals surface area (Å²) in [5.41, 5.74) is 0. The molecule has 2 aliphatic rings. The van der Waals surface area contributed by atoms with Gasteiger partial charge in [-0.15, -0.1) is 0 Å². The zero-order valence-electron chi connectivity index (χ0n) is 15.0. The molecule has 26 heavy (non-hydrogen) atoms. The van der Waals surface area contributed by atoms with E-state index in [0.717, 1.165) is 25.7 Å². The molecule has 1 aromatic heterocycles. The van der Waals surface area contributed by atoms with E-state index in [1.807, 2.05) is 13.8 Å². The Morgan fingerprint density at radius 1 is 1.00 bits per heavy atom. The highest BCUT2D eigenvalue weighted by atomic mass is 32.2. The van der Waals surface area contributed by atoms with Crippen LogP contribution in [0.4, 0.5) is 0 Å². The van der Waals surface area contributed by atoms with E-state index in [1.54, 1.807) is 45.8 Å². The highest BCUT2D eigenvalue weighted by molar-refractivity contribution is 7.89. The lowest BCUT2D eigenvalue weighted by atomic mass is 10.0. The fourth-order valence-electron chi connectivity index (χ4n) is 4.18. The molecule has 140 valence electrons. The number of ether oxygens (including phenoxy) is 1. The molecular formula is C18H24N4O3S. The highest BCUT2D eigenvalue weighted by Crippen LogP contribution is 2.43. The Kier molecular flexibility index (Phi) is 4.48. The van der Waals surface area contributed by atoms with Gasteiger partial charge in [0, 0.05) is 12.1 Å². The van der Waals surface area contributed by atoms with Crippen molar-refractivity contribution in [1.82, 2.24) is 19.3 Å². The number of aromatic nitrogens is 3. The summed E-state index contributed by atoms with van der Waals surface area (Å²) in [6.07, 6.45) is 6.73. The summed E-state index contributed by atoms with van der Waals surface area (Å²) in [5, 5.41) is 8.48. The van der Waals surface area contributed by atoms with Gasteiger partial charge in [-0.3, -0.25) is 0 Å². The van der Waals surface area contributed by atoms with Crippen LogP contribution in [0.1, 0.15) is 45.6 Å². The molecule has 4 rings (SSSR count). The summed E-state index contributed by atoms with van der Waals surface area (Å²) in [5.74, 6) is 0.686. The van der Waals surface area contributed by atoms with Gasteiger partial charge < -0.3 is 4.74 Å². The van der Waals surface area contributed by atoms with Crippen molar-refractivity contribution in [3.8, 4) is 5.75 Å². The van der Waals surface area contributed by atoms with Gasteiger partial charge in [0.25, 0.3) is 0 Å². The van der Waals surface area contributed by atoms with Gasteiger partial charge in [-0.1, -0.05) is 0 Å². The summed E-state index contributed by atoms with van der Waals surface area (Å²) in [6, 6.07) is 6.96. The van der Waals surface area contributed by atoms with E-state index in [1.165, 1.54) is 0 Å². The number of hydrogen-bond acceptors (Lipinski definition) is 5. The Labute approximate surface area is 154 Å². The highest BCUT2D eigenvalue weighted by Gasteiger charge is 2.48. The second-order valence-electron chi connectivity index (χ2n) is 7.33. The predicted molar refractivity (Wildman–Crippen MR) is 96.3 cm³/mol. The maximum absolute atomic E-state index is 13.2. The molecule has 2 aliphatic heterocycles. The van der Waals surface area contributed by atoms with Gasteiger partial charge in [-0.2, -0.15) is 19.3 Å². The molecule has 0 N–H and O–H groups in total. The molecule has 8 heteroatoms. The van der Waals surface area contributed by atoms with Crippen molar-refractivity contribution in [2.24, 2.45) is 0 Å². The van der Waals surface area contributed by atoms with Crippen molar-refractivity contribution < 1.29 is 13.2 Å². The van der Waals surface area contributed by atoms with E-state index in [9.17, 15) is 8.42 Å². The Morgan fingerprint density at radius 3 is 2.12 bits per heavy atom. The third-order valence-corrected chi connectivity index (χ3v) is 7.19. The zero-order valence-corrected chi connectivity index (χ0v) is 15.8. The maximum atomic E-state index is 13.2. The minimum Gasteiger partial charge on any atom is -0.491 e. The molecule has 7 nitrogen and oxygen atoms in total. The molecule has 0 radical (unpaired) electrons. The van der Waals surface area contributed by atoms with Gasteiger partial charge in [-0.05, 0) is 63.8 Å². The van der Waals surface area contributed by atoms with Crippen LogP contribution >= 0.6 is 0 Å². The number of rotatable bonds is 5. The standard InChI is InChI=1S/C18H24N4O3S/c1-13(2)25-17-5-7-18(8-6-17)26(23,24)21-14-3-4-15(21)12-16(11-14)22-19-9-10-20-22/h5-10,13-16H,3-4,11-12H2,1-2H3. The third-order valence-electron chi connectivity index (χ3n) is 5.18. The van der Waals surface area contributed by atoms with E-state index >= 15 is 0 Å². The van der Waals surface area contributed by atoms with Crippen LogP contribution in [-0.2, 0) is 10.0 Å². The molecule has 2 fully saturated rings. The van der Waals surface area contributed by atoms with Crippen molar-refractivity contribution in [2.75, 3.05) is 0 Å². The first-order chi connectivity index (χ1) is 12.4. The number of benzene rings is 1. The summed E-state index contributed by atoms with van der Waals surface area (Å²) >= 11 is 0.